The van der Waals surface area contributed by atoms with E-state index in [1.807, 2.05) is 26.8 Å². The summed E-state index contributed by atoms with van der Waals surface area (Å²) in [6.45, 7) is 7.92. The van der Waals surface area contributed by atoms with Crippen molar-refractivity contribution >= 4 is 35.0 Å². The normalized spacial score (nSPS) is 19.6. The van der Waals surface area contributed by atoms with Crippen LogP contribution in [0.5, 0.6) is 0 Å². The van der Waals surface area contributed by atoms with Gasteiger partial charge in [-0.1, -0.05) is 29.8 Å². The van der Waals surface area contributed by atoms with Gasteiger partial charge in [-0.2, -0.15) is 5.26 Å². The monoisotopic (exact) mass is 521 g/mol. The number of nitriles is 1. The van der Waals surface area contributed by atoms with E-state index in [9.17, 15) is 14.9 Å². The molecule has 0 bridgehead atoms. The van der Waals surface area contributed by atoms with E-state index >= 15 is 0 Å². The molecule has 0 atom stereocenters. The molecular formula is C29H32ClN3O4. The zero-order chi connectivity index (χ0) is 26.4. The van der Waals surface area contributed by atoms with Crippen LogP contribution in [0.25, 0.3) is 0 Å². The molecule has 3 aliphatic heterocycles. The van der Waals surface area contributed by atoms with Crippen molar-refractivity contribution in [2.24, 2.45) is 0 Å². The Morgan fingerprint density at radius 1 is 1.14 bits per heavy atom. The van der Waals surface area contributed by atoms with Gasteiger partial charge in [-0.3, -0.25) is 9.69 Å². The molecule has 3 aliphatic rings. The number of benzene rings is 2. The van der Waals surface area contributed by atoms with Gasteiger partial charge >= 0.3 is 6.09 Å². The highest BCUT2D eigenvalue weighted by atomic mass is 35.5. The van der Waals surface area contributed by atoms with Crippen molar-refractivity contribution in [3.63, 3.8) is 0 Å². The van der Waals surface area contributed by atoms with Crippen molar-refractivity contribution in [1.82, 2.24) is 4.90 Å². The van der Waals surface area contributed by atoms with Crippen molar-refractivity contribution in [3.8, 4) is 6.07 Å². The van der Waals surface area contributed by atoms with Crippen molar-refractivity contribution in [2.75, 3.05) is 31.2 Å². The summed E-state index contributed by atoms with van der Waals surface area (Å²) in [5.41, 5.74) is 2.59. The molecule has 8 heteroatoms. The molecule has 0 aliphatic carbocycles. The van der Waals surface area contributed by atoms with Gasteiger partial charge in [0.15, 0.2) is 0 Å². The van der Waals surface area contributed by atoms with Gasteiger partial charge in [0.05, 0.1) is 27.4 Å². The smallest absolute Gasteiger partial charge is 0.410 e. The lowest BCUT2D eigenvalue weighted by Gasteiger charge is -2.34. The highest BCUT2D eigenvalue weighted by Crippen LogP contribution is 2.52. The second kappa shape index (κ2) is 9.66. The molecule has 194 valence electrons. The average molecular weight is 522 g/mol. The summed E-state index contributed by atoms with van der Waals surface area (Å²) in [5.74, 6) is 0.257. The van der Waals surface area contributed by atoms with Crippen molar-refractivity contribution < 1.29 is 19.1 Å². The number of ether oxygens (including phenoxy) is 2. The van der Waals surface area contributed by atoms with Crippen molar-refractivity contribution in [2.45, 2.75) is 63.4 Å². The fourth-order valence-corrected chi connectivity index (χ4v) is 6.01. The van der Waals surface area contributed by atoms with E-state index in [0.29, 0.717) is 55.4 Å². The first kappa shape index (κ1) is 25.6. The minimum atomic E-state index is -0.685. The number of nitrogens with zero attached hydrogens (tertiary/aromatic N) is 3. The van der Waals surface area contributed by atoms with Gasteiger partial charge in [0.2, 0.25) is 5.91 Å². The third-order valence-corrected chi connectivity index (χ3v) is 8.01. The Balaban J connectivity index is 1.47. The van der Waals surface area contributed by atoms with E-state index in [2.05, 4.69) is 18.2 Å². The lowest BCUT2D eigenvalue weighted by molar-refractivity contribution is -0.125. The van der Waals surface area contributed by atoms with E-state index in [1.165, 1.54) is 5.56 Å². The molecule has 2 amide bonds. The summed E-state index contributed by atoms with van der Waals surface area (Å²) in [7, 11) is 0. The van der Waals surface area contributed by atoms with Crippen LogP contribution >= 0.6 is 11.6 Å². The number of carbonyl (C=O) groups excluding carboxylic acids is 2. The highest BCUT2D eigenvalue weighted by Gasteiger charge is 2.52. The first-order valence-electron chi connectivity index (χ1n) is 12.9. The number of rotatable bonds is 2. The number of hydrogen-bond donors (Lipinski definition) is 0. The van der Waals surface area contributed by atoms with E-state index in [4.69, 9.17) is 21.1 Å². The molecule has 1 spiro atoms. The van der Waals surface area contributed by atoms with E-state index in [0.717, 1.165) is 24.1 Å². The van der Waals surface area contributed by atoms with Crippen LogP contribution in [-0.2, 0) is 19.7 Å². The van der Waals surface area contributed by atoms with Gasteiger partial charge in [0.1, 0.15) is 11.7 Å². The number of anilines is 2. The number of halogens is 1. The van der Waals surface area contributed by atoms with E-state index < -0.39 is 11.0 Å². The Morgan fingerprint density at radius 2 is 1.84 bits per heavy atom. The standard InChI is InChI=1S/C29H32ClN3O4/c1-28(2,3)37-27(35)32-13-9-19(10-14-32)20-7-8-25-22(17-20)29(11-15-36-16-12-29)26(34)33(25)24-6-4-5-23(30)21(24)18-31/h4-8,17,19H,9-16H2,1-3H3. The maximum Gasteiger partial charge on any atom is 0.410 e. The van der Waals surface area contributed by atoms with Crippen LogP contribution < -0.4 is 4.90 Å². The molecule has 7 nitrogen and oxygen atoms in total. The summed E-state index contributed by atoms with van der Waals surface area (Å²) in [4.78, 5) is 30.1. The zero-order valence-corrected chi connectivity index (χ0v) is 22.3. The molecule has 2 saturated heterocycles. The minimum absolute atomic E-state index is 0.0264. The van der Waals surface area contributed by atoms with Gasteiger partial charge in [-0.05, 0) is 81.7 Å². The summed E-state index contributed by atoms with van der Waals surface area (Å²) in [5, 5.41) is 10.1. The number of amides is 2. The van der Waals surface area contributed by atoms with Crippen LogP contribution in [0.2, 0.25) is 5.02 Å². The number of likely N-dealkylation sites (tertiary alicyclic amines) is 1. The average Bonchev–Trinajstić information content (AvgIpc) is 3.10. The number of piperidine rings is 1. The maximum atomic E-state index is 14.1. The fraction of sp³-hybridized carbons (Fsp3) is 0.483. The summed E-state index contributed by atoms with van der Waals surface area (Å²) < 4.78 is 11.2. The van der Waals surface area contributed by atoms with Gasteiger partial charge in [-0.25, -0.2) is 4.79 Å². The van der Waals surface area contributed by atoms with Gasteiger partial charge < -0.3 is 14.4 Å². The quantitative estimate of drug-likeness (QED) is 0.480. The molecule has 2 aromatic carbocycles. The van der Waals surface area contributed by atoms with E-state index in [-0.39, 0.29) is 17.9 Å². The summed E-state index contributed by atoms with van der Waals surface area (Å²) in [6, 6.07) is 13.7. The second-order valence-electron chi connectivity index (χ2n) is 11.1. The largest absolute Gasteiger partial charge is 0.444 e. The van der Waals surface area contributed by atoms with Crippen LogP contribution in [0.15, 0.2) is 36.4 Å². The fourth-order valence-electron chi connectivity index (χ4n) is 5.80. The van der Waals surface area contributed by atoms with Crippen LogP contribution in [0.4, 0.5) is 16.2 Å². The first-order chi connectivity index (χ1) is 17.6. The zero-order valence-electron chi connectivity index (χ0n) is 21.6. The molecule has 37 heavy (non-hydrogen) atoms. The molecule has 5 rings (SSSR count). The minimum Gasteiger partial charge on any atom is -0.444 e. The predicted octanol–water partition coefficient (Wildman–Crippen LogP) is 6.05. The predicted molar refractivity (Wildman–Crippen MR) is 141 cm³/mol. The van der Waals surface area contributed by atoms with Crippen molar-refractivity contribution in [1.29, 1.82) is 5.26 Å². The molecule has 0 unspecified atom stereocenters. The number of fused-ring (bicyclic) bond motifs is 2. The van der Waals surface area contributed by atoms with Crippen LogP contribution in [0.1, 0.15) is 69.1 Å². The summed E-state index contributed by atoms with van der Waals surface area (Å²) >= 11 is 6.34. The van der Waals surface area contributed by atoms with Crippen LogP contribution in [-0.4, -0.2) is 48.8 Å². The Kier molecular flexibility index (Phi) is 6.68. The second-order valence-corrected chi connectivity index (χ2v) is 11.5. The van der Waals surface area contributed by atoms with Gasteiger partial charge in [0, 0.05) is 26.3 Å². The van der Waals surface area contributed by atoms with Crippen molar-refractivity contribution in [3.05, 3.63) is 58.1 Å². The lowest BCUT2D eigenvalue weighted by atomic mass is 9.74. The molecule has 0 radical (unpaired) electrons. The third-order valence-electron chi connectivity index (χ3n) is 7.70. The Hall–Kier alpha value is -3.08. The SMILES string of the molecule is CC(C)(C)OC(=O)N1CCC(c2ccc3c(c2)C2(CCOCC2)C(=O)N3c2cccc(Cl)c2C#N)CC1. The van der Waals surface area contributed by atoms with Crippen LogP contribution in [0.3, 0.4) is 0 Å². The van der Waals surface area contributed by atoms with Gasteiger partial charge in [0.25, 0.3) is 0 Å². The van der Waals surface area contributed by atoms with Crippen LogP contribution in [0, 0.1) is 11.3 Å². The lowest BCUT2D eigenvalue weighted by Crippen LogP contribution is -2.43. The molecular weight excluding hydrogens is 490 g/mol. The third kappa shape index (κ3) is 4.58. The molecule has 3 heterocycles. The number of carbonyl (C=O) groups is 2. The molecule has 2 fully saturated rings. The first-order valence-corrected chi connectivity index (χ1v) is 13.3. The van der Waals surface area contributed by atoms with E-state index in [1.54, 1.807) is 28.0 Å². The Morgan fingerprint density at radius 3 is 2.49 bits per heavy atom. The maximum absolute atomic E-state index is 14.1. The Labute approximate surface area is 222 Å². The summed E-state index contributed by atoms with van der Waals surface area (Å²) in [6.07, 6.45) is 2.59. The number of hydrogen-bond acceptors (Lipinski definition) is 5. The molecule has 0 aromatic heterocycles. The topological polar surface area (TPSA) is 82.9 Å². The highest BCUT2D eigenvalue weighted by molar-refractivity contribution is 6.32. The molecule has 0 N–H and O–H groups in total. The van der Waals surface area contributed by atoms with Gasteiger partial charge in [-0.15, -0.1) is 0 Å². The Bertz CT molecular complexity index is 1260. The molecule has 0 saturated carbocycles. The molecule has 2 aromatic rings.